The molecule has 0 aliphatic carbocycles. The van der Waals surface area contributed by atoms with E-state index in [-0.39, 0.29) is 0 Å². The van der Waals surface area contributed by atoms with Crippen molar-refractivity contribution in [2.24, 2.45) is 0 Å². The Hall–Kier alpha value is -2.85. The van der Waals surface area contributed by atoms with Gasteiger partial charge in [-0.15, -0.1) is 11.3 Å². The molecule has 0 unspecified atom stereocenters. The number of aromatic nitrogens is 1. The Kier molecular flexibility index (Phi) is 5.07. The van der Waals surface area contributed by atoms with Crippen LogP contribution in [0, 0.1) is 13.8 Å². The molecule has 0 aliphatic rings. The van der Waals surface area contributed by atoms with Crippen LogP contribution in [-0.2, 0) is 6.42 Å². The largest absolute Gasteiger partial charge is 0.493 e. The van der Waals surface area contributed by atoms with Crippen molar-refractivity contribution < 1.29 is 9.15 Å². The SMILES string of the molecule is Cc1ccc(OCCc2nc(-c3ccc(-c4cccs4)cc3)oc2C)cc1. The Morgan fingerprint density at radius 3 is 2.37 bits per heavy atom. The molecule has 0 fully saturated rings. The first-order chi connectivity index (χ1) is 13.2. The van der Waals surface area contributed by atoms with Crippen molar-refractivity contribution >= 4 is 11.3 Å². The van der Waals surface area contributed by atoms with Crippen molar-refractivity contribution in [1.82, 2.24) is 4.98 Å². The Balaban J connectivity index is 1.42. The predicted molar refractivity (Wildman–Crippen MR) is 110 cm³/mol. The van der Waals surface area contributed by atoms with E-state index in [1.54, 1.807) is 11.3 Å². The molecule has 0 atom stereocenters. The number of aryl methyl sites for hydroxylation is 2. The Morgan fingerprint density at radius 1 is 0.926 bits per heavy atom. The fraction of sp³-hybridized carbons (Fsp3) is 0.174. The molecule has 27 heavy (non-hydrogen) atoms. The minimum Gasteiger partial charge on any atom is -0.493 e. The van der Waals surface area contributed by atoms with E-state index < -0.39 is 0 Å². The van der Waals surface area contributed by atoms with E-state index in [2.05, 4.69) is 65.8 Å². The highest BCUT2D eigenvalue weighted by molar-refractivity contribution is 7.13. The first kappa shape index (κ1) is 17.6. The van der Waals surface area contributed by atoms with Gasteiger partial charge in [-0.3, -0.25) is 0 Å². The molecule has 0 saturated heterocycles. The van der Waals surface area contributed by atoms with Crippen molar-refractivity contribution in [3.8, 4) is 27.6 Å². The number of rotatable bonds is 6. The number of oxazole rings is 1. The van der Waals surface area contributed by atoms with Crippen LogP contribution < -0.4 is 4.74 Å². The molecule has 4 aromatic rings. The maximum atomic E-state index is 5.89. The number of ether oxygens (including phenoxy) is 1. The standard InChI is InChI=1S/C23H21NO2S/c1-16-5-11-20(12-6-16)25-14-13-21-17(2)26-23(24-21)19-9-7-18(8-10-19)22-4-3-15-27-22/h3-12,15H,13-14H2,1-2H3. The van der Waals surface area contributed by atoms with Gasteiger partial charge in [-0.05, 0) is 55.1 Å². The molecule has 136 valence electrons. The molecule has 0 N–H and O–H groups in total. The Labute approximate surface area is 163 Å². The summed E-state index contributed by atoms with van der Waals surface area (Å²) in [6, 6.07) is 20.6. The maximum absolute atomic E-state index is 5.89. The first-order valence-electron chi connectivity index (χ1n) is 8.99. The topological polar surface area (TPSA) is 35.3 Å². The van der Waals surface area contributed by atoms with Gasteiger partial charge in [0.25, 0.3) is 0 Å². The molecular formula is C23H21NO2S. The molecule has 2 heterocycles. The summed E-state index contributed by atoms with van der Waals surface area (Å²) < 4.78 is 11.7. The summed E-state index contributed by atoms with van der Waals surface area (Å²) in [5, 5.41) is 2.09. The zero-order valence-corrected chi connectivity index (χ0v) is 16.3. The van der Waals surface area contributed by atoms with Gasteiger partial charge in [-0.2, -0.15) is 0 Å². The quantitative estimate of drug-likeness (QED) is 0.396. The van der Waals surface area contributed by atoms with Crippen LogP contribution in [-0.4, -0.2) is 11.6 Å². The average Bonchev–Trinajstić information content (AvgIpc) is 3.34. The first-order valence-corrected chi connectivity index (χ1v) is 9.87. The summed E-state index contributed by atoms with van der Waals surface area (Å²) in [6.45, 7) is 4.60. The normalized spacial score (nSPS) is 10.9. The van der Waals surface area contributed by atoms with E-state index in [0.717, 1.165) is 29.2 Å². The molecule has 0 saturated carbocycles. The van der Waals surface area contributed by atoms with Gasteiger partial charge in [0.05, 0.1) is 12.3 Å². The summed E-state index contributed by atoms with van der Waals surface area (Å²) >= 11 is 1.74. The number of nitrogens with zero attached hydrogens (tertiary/aromatic N) is 1. The molecule has 0 spiro atoms. The highest BCUT2D eigenvalue weighted by Gasteiger charge is 2.12. The van der Waals surface area contributed by atoms with Crippen molar-refractivity contribution in [2.45, 2.75) is 20.3 Å². The highest BCUT2D eigenvalue weighted by Crippen LogP contribution is 2.28. The van der Waals surface area contributed by atoms with Gasteiger partial charge in [0, 0.05) is 16.9 Å². The minimum absolute atomic E-state index is 0.577. The third-order valence-corrected chi connectivity index (χ3v) is 5.38. The van der Waals surface area contributed by atoms with Crippen LogP contribution in [0.5, 0.6) is 5.75 Å². The van der Waals surface area contributed by atoms with Gasteiger partial charge in [-0.25, -0.2) is 4.98 Å². The van der Waals surface area contributed by atoms with Crippen LogP contribution in [0.25, 0.3) is 21.9 Å². The molecule has 0 amide bonds. The van der Waals surface area contributed by atoms with Gasteiger partial charge in [0.2, 0.25) is 5.89 Å². The molecular weight excluding hydrogens is 354 g/mol. The lowest BCUT2D eigenvalue weighted by Crippen LogP contribution is -2.02. The molecule has 2 aromatic carbocycles. The van der Waals surface area contributed by atoms with E-state index in [0.29, 0.717) is 12.5 Å². The van der Waals surface area contributed by atoms with Crippen molar-refractivity contribution in [3.05, 3.63) is 83.1 Å². The zero-order valence-electron chi connectivity index (χ0n) is 15.4. The van der Waals surface area contributed by atoms with Crippen molar-refractivity contribution in [3.63, 3.8) is 0 Å². The lowest BCUT2D eigenvalue weighted by Gasteiger charge is -2.05. The summed E-state index contributed by atoms with van der Waals surface area (Å²) in [6.07, 6.45) is 0.719. The summed E-state index contributed by atoms with van der Waals surface area (Å²) in [7, 11) is 0. The lowest BCUT2D eigenvalue weighted by atomic mass is 10.1. The molecule has 4 heteroatoms. The van der Waals surface area contributed by atoms with Crippen LogP contribution in [0.3, 0.4) is 0 Å². The molecule has 0 radical (unpaired) electrons. The maximum Gasteiger partial charge on any atom is 0.226 e. The smallest absolute Gasteiger partial charge is 0.226 e. The van der Waals surface area contributed by atoms with Crippen LogP contribution in [0.1, 0.15) is 17.0 Å². The fourth-order valence-corrected chi connectivity index (χ4v) is 3.64. The van der Waals surface area contributed by atoms with Crippen LogP contribution >= 0.6 is 11.3 Å². The monoisotopic (exact) mass is 375 g/mol. The number of hydrogen-bond donors (Lipinski definition) is 0. The lowest BCUT2D eigenvalue weighted by molar-refractivity contribution is 0.320. The summed E-state index contributed by atoms with van der Waals surface area (Å²) in [5.74, 6) is 2.39. The molecule has 0 bridgehead atoms. The summed E-state index contributed by atoms with van der Waals surface area (Å²) in [5.41, 5.74) is 4.37. The van der Waals surface area contributed by atoms with Gasteiger partial charge in [0.15, 0.2) is 0 Å². The van der Waals surface area contributed by atoms with Crippen molar-refractivity contribution in [2.75, 3.05) is 6.61 Å². The van der Waals surface area contributed by atoms with Crippen molar-refractivity contribution in [1.29, 1.82) is 0 Å². The van der Waals surface area contributed by atoms with E-state index >= 15 is 0 Å². The average molecular weight is 375 g/mol. The van der Waals surface area contributed by atoms with Gasteiger partial charge in [-0.1, -0.05) is 35.9 Å². The van der Waals surface area contributed by atoms with Gasteiger partial charge >= 0.3 is 0 Å². The van der Waals surface area contributed by atoms with E-state index in [9.17, 15) is 0 Å². The second-order valence-corrected chi connectivity index (χ2v) is 7.44. The van der Waals surface area contributed by atoms with E-state index in [4.69, 9.17) is 9.15 Å². The highest BCUT2D eigenvalue weighted by atomic mass is 32.1. The number of benzene rings is 2. The molecule has 2 aromatic heterocycles. The molecule has 4 rings (SSSR count). The van der Waals surface area contributed by atoms with E-state index in [1.807, 2.05) is 19.1 Å². The minimum atomic E-state index is 0.577. The Morgan fingerprint density at radius 2 is 1.67 bits per heavy atom. The van der Waals surface area contributed by atoms with Gasteiger partial charge < -0.3 is 9.15 Å². The number of hydrogen-bond acceptors (Lipinski definition) is 4. The van der Waals surface area contributed by atoms with Crippen LogP contribution in [0.2, 0.25) is 0 Å². The number of thiophene rings is 1. The van der Waals surface area contributed by atoms with Crippen LogP contribution in [0.4, 0.5) is 0 Å². The second kappa shape index (κ2) is 7.80. The van der Waals surface area contributed by atoms with Crippen LogP contribution in [0.15, 0.2) is 70.5 Å². The second-order valence-electron chi connectivity index (χ2n) is 6.49. The third-order valence-electron chi connectivity index (χ3n) is 4.46. The zero-order chi connectivity index (χ0) is 18.6. The summed E-state index contributed by atoms with van der Waals surface area (Å²) in [4.78, 5) is 5.94. The Bertz CT molecular complexity index is 1000. The van der Waals surface area contributed by atoms with Gasteiger partial charge in [0.1, 0.15) is 11.5 Å². The molecule has 3 nitrogen and oxygen atoms in total. The predicted octanol–water partition coefficient (Wildman–Crippen LogP) is 6.31. The fourth-order valence-electron chi connectivity index (χ4n) is 2.90. The van der Waals surface area contributed by atoms with E-state index in [1.165, 1.54) is 16.0 Å². The molecule has 0 aliphatic heterocycles. The third kappa shape index (κ3) is 4.12.